The Morgan fingerprint density at radius 1 is 1.43 bits per heavy atom. The van der Waals surface area contributed by atoms with Crippen LogP contribution in [0.3, 0.4) is 0 Å². The summed E-state index contributed by atoms with van der Waals surface area (Å²) in [5.74, 6) is 0.0188. The van der Waals surface area contributed by atoms with Gasteiger partial charge >= 0.3 is 0 Å². The van der Waals surface area contributed by atoms with Crippen LogP contribution in [0.5, 0.6) is 0 Å². The molecule has 0 radical (unpaired) electrons. The van der Waals surface area contributed by atoms with Crippen LogP contribution in [0, 0.1) is 0 Å². The van der Waals surface area contributed by atoms with Gasteiger partial charge in [-0.05, 0) is 31.9 Å². The van der Waals surface area contributed by atoms with Crippen LogP contribution in [0.2, 0.25) is 0 Å². The maximum absolute atomic E-state index is 12.2. The van der Waals surface area contributed by atoms with Crippen molar-refractivity contribution in [3.63, 3.8) is 0 Å². The van der Waals surface area contributed by atoms with Crippen LogP contribution in [-0.4, -0.2) is 45.0 Å². The second kappa shape index (κ2) is 7.09. The molecule has 118 valence electrons. The molecule has 0 atom stereocenters. The molecule has 0 bridgehead atoms. The summed E-state index contributed by atoms with van der Waals surface area (Å²) in [6, 6.07) is 3.09. The Balaban J connectivity index is 1.89. The SMILES string of the molecule is CCOC1CCN(C(=O)Cc2ccc(S(=O)(=O)Cl)s2)CC1. The second-order valence-corrected chi connectivity index (χ2v) is 8.83. The van der Waals surface area contributed by atoms with E-state index in [4.69, 9.17) is 15.4 Å². The molecule has 0 aromatic carbocycles. The molecule has 1 fully saturated rings. The lowest BCUT2D eigenvalue weighted by Gasteiger charge is -2.31. The molecule has 1 aliphatic heterocycles. The highest BCUT2D eigenvalue weighted by atomic mass is 35.7. The van der Waals surface area contributed by atoms with Crippen LogP contribution in [0.1, 0.15) is 24.6 Å². The summed E-state index contributed by atoms with van der Waals surface area (Å²) in [5.41, 5.74) is 0. The maximum Gasteiger partial charge on any atom is 0.270 e. The van der Waals surface area contributed by atoms with E-state index < -0.39 is 9.05 Å². The molecule has 1 aliphatic rings. The predicted octanol–water partition coefficient (Wildman–Crippen LogP) is 2.25. The molecule has 2 rings (SSSR count). The van der Waals surface area contributed by atoms with Gasteiger partial charge in [0.2, 0.25) is 5.91 Å². The predicted molar refractivity (Wildman–Crippen MR) is 82.3 cm³/mol. The first-order valence-corrected chi connectivity index (χ1v) is 9.95. The third-order valence-electron chi connectivity index (χ3n) is 3.40. The number of piperidine rings is 1. The van der Waals surface area contributed by atoms with Gasteiger partial charge < -0.3 is 9.64 Å². The Hall–Kier alpha value is -0.630. The molecule has 21 heavy (non-hydrogen) atoms. The van der Waals surface area contributed by atoms with Gasteiger partial charge in [-0.3, -0.25) is 4.79 Å². The molecule has 1 aromatic heterocycles. The molecule has 8 heteroatoms. The number of ether oxygens (including phenoxy) is 1. The molecule has 0 saturated carbocycles. The Labute approximate surface area is 133 Å². The van der Waals surface area contributed by atoms with Gasteiger partial charge in [-0.15, -0.1) is 11.3 Å². The lowest BCUT2D eigenvalue weighted by atomic mass is 10.1. The van der Waals surface area contributed by atoms with E-state index in [1.54, 1.807) is 6.07 Å². The summed E-state index contributed by atoms with van der Waals surface area (Å²) in [7, 11) is 1.57. The van der Waals surface area contributed by atoms with Crippen molar-refractivity contribution in [3.8, 4) is 0 Å². The van der Waals surface area contributed by atoms with Crippen molar-refractivity contribution in [1.29, 1.82) is 0 Å². The first-order chi connectivity index (χ1) is 9.90. The number of likely N-dealkylation sites (tertiary alicyclic amines) is 1. The lowest BCUT2D eigenvalue weighted by molar-refractivity contribution is -0.133. The molecule has 5 nitrogen and oxygen atoms in total. The fraction of sp³-hybridized carbons (Fsp3) is 0.615. The summed E-state index contributed by atoms with van der Waals surface area (Å²) in [6.45, 7) is 4.05. The number of hydrogen-bond acceptors (Lipinski definition) is 5. The summed E-state index contributed by atoms with van der Waals surface area (Å²) in [6.07, 6.45) is 2.17. The monoisotopic (exact) mass is 351 g/mol. The zero-order valence-corrected chi connectivity index (χ0v) is 14.1. The molecule has 1 amide bonds. The van der Waals surface area contributed by atoms with Crippen molar-refractivity contribution >= 4 is 37.0 Å². The average Bonchev–Trinajstić information content (AvgIpc) is 2.88. The lowest BCUT2D eigenvalue weighted by Crippen LogP contribution is -2.41. The minimum atomic E-state index is -3.71. The van der Waals surface area contributed by atoms with Gasteiger partial charge in [0, 0.05) is 35.3 Å². The van der Waals surface area contributed by atoms with Crippen LogP contribution in [0.25, 0.3) is 0 Å². The van der Waals surface area contributed by atoms with Crippen molar-refractivity contribution in [3.05, 3.63) is 17.0 Å². The zero-order chi connectivity index (χ0) is 15.5. The van der Waals surface area contributed by atoms with E-state index in [2.05, 4.69) is 0 Å². The average molecular weight is 352 g/mol. The van der Waals surface area contributed by atoms with E-state index in [9.17, 15) is 13.2 Å². The highest BCUT2D eigenvalue weighted by Crippen LogP contribution is 2.25. The van der Waals surface area contributed by atoms with Gasteiger partial charge in [-0.1, -0.05) is 0 Å². The number of hydrogen-bond donors (Lipinski definition) is 0. The van der Waals surface area contributed by atoms with Gasteiger partial charge in [0.1, 0.15) is 4.21 Å². The van der Waals surface area contributed by atoms with Gasteiger partial charge in [0.05, 0.1) is 12.5 Å². The normalized spacial score (nSPS) is 17.1. The molecule has 1 saturated heterocycles. The molecule has 1 aromatic rings. The van der Waals surface area contributed by atoms with Crippen molar-refractivity contribution < 1.29 is 17.9 Å². The van der Waals surface area contributed by atoms with E-state index in [1.165, 1.54) is 6.07 Å². The van der Waals surface area contributed by atoms with Crippen molar-refractivity contribution in [2.45, 2.75) is 36.5 Å². The van der Waals surface area contributed by atoms with Crippen molar-refractivity contribution in [2.75, 3.05) is 19.7 Å². The second-order valence-electron chi connectivity index (χ2n) is 4.87. The third kappa shape index (κ3) is 4.67. The number of rotatable bonds is 5. The number of halogens is 1. The van der Waals surface area contributed by atoms with Crippen LogP contribution in [0.4, 0.5) is 0 Å². The fourth-order valence-corrected chi connectivity index (χ4v) is 4.47. The van der Waals surface area contributed by atoms with Crippen LogP contribution in [-0.2, 0) is 25.0 Å². The van der Waals surface area contributed by atoms with Crippen LogP contribution >= 0.6 is 22.0 Å². The molecule has 0 unspecified atom stereocenters. The van der Waals surface area contributed by atoms with E-state index in [1.807, 2.05) is 11.8 Å². The largest absolute Gasteiger partial charge is 0.378 e. The summed E-state index contributed by atoms with van der Waals surface area (Å²) >= 11 is 1.05. The molecule has 0 spiro atoms. The summed E-state index contributed by atoms with van der Waals surface area (Å²) in [4.78, 5) is 14.7. The highest BCUT2D eigenvalue weighted by molar-refractivity contribution is 8.15. The van der Waals surface area contributed by atoms with Gasteiger partial charge in [-0.2, -0.15) is 0 Å². The first-order valence-electron chi connectivity index (χ1n) is 6.83. The number of amides is 1. The minimum absolute atomic E-state index is 0.0188. The van der Waals surface area contributed by atoms with Crippen molar-refractivity contribution in [2.24, 2.45) is 0 Å². The number of thiophene rings is 1. The maximum atomic E-state index is 12.2. The molecular weight excluding hydrogens is 334 g/mol. The van der Waals surface area contributed by atoms with E-state index in [0.29, 0.717) is 24.6 Å². The smallest absolute Gasteiger partial charge is 0.270 e. The zero-order valence-electron chi connectivity index (χ0n) is 11.7. The van der Waals surface area contributed by atoms with Gasteiger partial charge in [0.25, 0.3) is 9.05 Å². The van der Waals surface area contributed by atoms with Crippen LogP contribution in [0.15, 0.2) is 16.3 Å². The Bertz CT molecular complexity index is 591. The van der Waals surface area contributed by atoms with E-state index >= 15 is 0 Å². The Kier molecular flexibility index (Phi) is 5.65. The number of carbonyl (C=O) groups excluding carboxylic acids is 1. The highest BCUT2D eigenvalue weighted by Gasteiger charge is 2.23. The molecule has 0 N–H and O–H groups in total. The fourth-order valence-electron chi connectivity index (χ4n) is 2.35. The van der Waals surface area contributed by atoms with E-state index in [0.717, 1.165) is 24.2 Å². The van der Waals surface area contributed by atoms with Gasteiger partial charge in [-0.25, -0.2) is 8.42 Å². The molecule has 2 heterocycles. The summed E-state index contributed by atoms with van der Waals surface area (Å²) in [5, 5.41) is 0. The topological polar surface area (TPSA) is 63.7 Å². The third-order valence-corrected chi connectivity index (χ3v) is 6.58. The molecular formula is C13H18ClNO4S2. The minimum Gasteiger partial charge on any atom is -0.378 e. The first kappa shape index (κ1) is 16.7. The quantitative estimate of drug-likeness (QED) is 0.763. The van der Waals surface area contributed by atoms with Gasteiger partial charge in [0.15, 0.2) is 0 Å². The molecule has 0 aliphatic carbocycles. The standard InChI is InChI=1S/C13H18ClNO4S2/c1-2-19-10-5-7-15(8-6-10)12(16)9-11-3-4-13(20-11)21(14,17)18/h3-4,10H,2,5-9H2,1H3. The number of carbonyl (C=O) groups is 1. The van der Waals surface area contributed by atoms with Crippen LogP contribution < -0.4 is 0 Å². The Morgan fingerprint density at radius 2 is 2.10 bits per heavy atom. The Morgan fingerprint density at radius 3 is 2.62 bits per heavy atom. The van der Waals surface area contributed by atoms with Crippen molar-refractivity contribution in [1.82, 2.24) is 4.90 Å². The number of nitrogens with zero attached hydrogens (tertiary/aromatic N) is 1. The summed E-state index contributed by atoms with van der Waals surface area (Å²) < 4.78 is 28.0. The van der Waals surface area contributed by atoms with E-state index in [-0.39, 0.29) is 22.6 Å².